The number of amides is 1. The van der Waals surface area contributed by atoms with Crippen molar-refractivity contribution < 1.29 is 13.9 Å². The summed E-state index contributed by atoms with van der Waals surface area (Å²) in [6, 6.07) is 8.47. The first-order valence-electron chi connectivity index (χ1n) is 12.0. The van der Waals surface area contributed by atoms with E-state index in [0.29, 0.717) is 72.0 Å². The predicted molar refractivity (Wildman–Crippen MR) is 148 cm³/mol. The number of halogens is 1. The minimum absolute atomic E-state index is 0.0664. The highest BCUT2D eigenvalue weighted by atomic mass is 32.2. The molecular formula is C26H28FN5O3S2. The van der Waals surface area contributed by atoms with E-state index in [4.69, 9.17) is 17.0 Å². The van der Waals surface area contributed by atoms with E-state index in [-0.39, 0.29) is 22.8 Å². The molecule has 194 valence electrons. The Bertz CT molecular complexity index is 1340. The van der Waals surface area contributed by atoms with Gasteiger partial charge in [-0.2, -0.15) is 5.26 Å². The van der Waals surface area contributed by atoms with Gasteiger partial charge >= 0.3 is 0 Å². The van der Waals surface area contributed by atoms with Gasteiger partial charge in [0.2, 0.25) is 0 Å². The molecule has 11 heteroatoms. The molecule has 0 bridgehead atoms. The Kier molecular flexibility index (Phi) is 8.32. The van der Waals surface area contributed by atoms with Crippen molar-refractivity contribution >= 4 is 51.8 Å². The van der Waals surface area contributed by atoms with Gasteiger partial charge in [0, 0.05) is 51.1 Å². The van der Waals surface area contributed by atoms with Crippen LogP contribution in [-0.2, 0) is 16.1 Å². The second kappa shape index (κ2) is 11.5. The Morgan fingerprint density at radius 3 is 2.41 bits per heavy atom. The van der Waals surface area contributed by atoms with Gasteiger partial charge < -0.3 is 14.5 Å². The van der Waals surface area contributed by atoms with Crippen molar-refractivity contribution in [2.45, 2.75) is 20.4 Å². The monoisotopic (exact) mass is 541 g/mol. The van der Waals surface area contributed by atoms with Crippen molar-refractivity contribution in [3.05, 3.63) is 62.0 Å². The minimum Gasteiger partial charge on any atom is -0.383 e. The highest BCUT2D eigenvalue weighted by Crippen LogP contribution is 2.36. The van der Waals surface area contributed by atoms with Gasteiger partial charge in [0.25, 0.3) is 11.5 Å². The van der Waals surface area contributed by atoms with Crippen molar-refractivity contribution in [3.8, 4) is 6.07 Å². The summed E-state index contributed by atoms with van der Waals surface area (Å²) in [6.45, 7) is 7.25. The fraction of sp³-hybridized carbons (Fsp3) is 0.385. The van der Waals surface area contributed by atoms with Crippen LogP contribution in [0.15, 0.2) is 34.0 Å². The number of pyridine rings is 1. The zero-order valence-corrected chi connectivity index (χ0v) is 22.6. The molecule has 4 rings (SSSR count). The Labute approximate surface area is 224 Å². The molecule has 0 saturated carbocycles. The number of rotatable bonds is 7. The summed E-state index contributed by atoms with van der Waals surface area (Å²) in [7, 11) is 1.57. The van der Waals surface area contributed by atoms with E-state index in [1.54, 1.807) is 36.8 Å². The van der Waals surface area contributed by atoms with E-state index in [1.165, 1.54) is 28.8 Å². The lowest BCUT2D eigenvalue weighted by Crippen LogP contribution is -2.48. The SMILES string of the molecule is CCn1c(N2CCN(c3ccc(F)cc3)CC2)c(C=C2SC(=S)N(CCOC)C2=O)c(C)c(C#N)c1=O. The number of piperazine rings is 1. The first kappa shape index (κ1) is 26.9. The van der Waals surface area contributed by atoms with Crippen LogP contribution in [0, 0.1) is 24.1 Å². The molecule has 2 aromatic rings. The molecule has 2 aliphatic rings. The van der Waals surface area contributed by atoms with Crippen LogP contribution in [0.25, 0.3) is 6.08 Å². The summed E-state index contributed by atoms with van der Waals surface area (Å²) in [6.07, 6.45) is 1.76. The lowest BCUT2D eigenvalue weighted by Gasteiger charge is -2.39. The number of nitriles is 1. The van der Waals surface area contributed by atoms with E-state index in [2.05, 4.69) is 15.9 Å². The number of benzene rings is 1. The van der Waals surface area contributed by atoms with E-state index in [1.807, 2.05) is 6.92 Å². The average Bonchev–Trinajstić information content (AvgIpc) is 3.16. The molecule has 1 aromatic heterocycles. The third kappa shape index (κ3) is 5.28. The quantitative estimate of drug-likeness (QED) is 0.390. The highest BCUT2D eigenvalue weighted by molar-refractivity contribution is 8.26. The van der Waals surface area contributed by atoms with Crippen molar-refractivity contribution in [3.63, 3.8) is 0 Å². The van der Waals surface area contributed by atoms with Gasteiger partial charge in [-0.15, -0.1) is 0 Å². The topological polar surface area (TPSA) is 81.8 Å². The molecule has 0 N–H and O–H groups in total. The zero-order chi connectivity index (χ0) is 26.7. The van der Waals surface area contributed by atoms with Gasteiger partial charge in [0.15, 0.2) is 0 Å². The van der Waals surface area contributed by atoms with Gasteiger partial charge in [-0.1, -0.05) is 24.0 Å². The van der Waals surface area contributed by atoms with Crippen molar-refractivity contribution in [1.82, 2.24) is 9.47 Å². The molecule has 1 aromatic carbocycles. The number of carbonyl (C=O) groups excluding carboxylic acids is 1. The summed E-state index contributed by atoms with van der Waals surface area (Å²) in [5.41, 5.74) is 1.86. The van der Waals surface area contributed by atoms with E-state index < -0.39 is 0 Å². The first-order valence-corrected chi connectivity index (χ1v) is 13.2. The van der Waals surface area contributed by atoms with Crippen LogP contribution in [0.5, 0.6) is 0 Å². The number of nitrogens with zero attached hydrogens (tertiary/aromatic N) is 5. The summed E-state index contributed by atoms with van der Waals surface area (Å²) in [5.74, 6) is 0.191. The summed E-state index contributed by atoms with van der Waals surface area (Å²) >= 11 is 6.63. The fourth-order valence-corrected chi connectivity index (χ4v) is 5.90. The maximum absolute atomic E-state index is 13.4. The molecule has 0 radical (unpaired) electrons. The maximum atomic E-state index is 13.4. The first-order chi connectivity index (χ1) is 17.8. The van der Waals surface area contributed by atoms with Gasteiger partial charge in [-0.05, 0) is 49.8 Å². The smallest absolute Gasteiger partial charge is 0.270 e. The molecule has 37 heavy (non-hydrogen) atoms. The number of aromatic nitrogens is 1. The van der Waals surface area contributed by atoms with Crippen LogP contribution in [0.4, 0.5) is 15.9 Å². The zero-order valence-electron chi connectivity index (χ0n) is 21.0. The van der Waals surface area contributed by atoms with E-state index in [0.717, 1.165) is 5.69 Å². The number of thiocarbonyl (C=S) groups is 1. The maximum Gasteiger partial charge on any atom is 0.270 e. The minimum atomic E-state index is -0.344. The second-order valence-corrected chi connectivity index (χ2v) is 10.4. The number of methoxy groups -OCH3 is 1. The summed E-state index contributed by atoms with van der Waals surface area (Å²) in [4.78, 5) is 32.6. The van der Waals surface area contributed by atoms with Gasteiger partial charge in [0.1, 0.15) is 27.6 Å². The van der Waals surface area contributed by atoms with Gasteiger partial charge in [-0.3, -0.25) is 19.1 Å². The molecule has 2 fully saturated rings. The molecule has 1 amide bonds. The molecule has 0 aliphatic carbocycles. The number of thioether (sulfide) groups is 1. The molecule has 3 heterocycles. The van der Waals surface area contributed by atoms with Crippen molar-refractivity contribution in [1.29, 1.82) is 5.26 Å². The second-order valence-electron chi connectivity index (χ2n) is 8.68. The van der Waals surface area contributed by atoms with E-state index in [9.17, 15) is 19.2 Å². The highest BCUT2D eigenvalue weighted by Gasteiger charge is 2.33. The van der Waals surface area contributed by atoms with Crippen molar-refractivity contribution in [2.75, 3.05) is 56.2 Å². The molecule has 0 atom stereocenters. The predicted octanol–water partition coefficient (Wildman–Crippen LogP) is 3.36. The van der Waals surface area contributed by atoms with Crippen LogP contribution < -0.4 is 15.4 Å². The number of hydrogen-bond donors (Lipinski definition) is 0. The largest absolute Gasteiger partial charge is 0.383 e. The normalized spacial score (nSPS) is 17.2. The molecular weight excluding hydrogens is 513 g/mol. The average molecular weight is 542 g/mol. The third-order valence-corrected chi connectivity index (χ3v) is 7.98. The Hall–Kier alpha value is -3.20. The lowest BCUT2D eigenvalue weighted by atomic mass is 10.0. The van der Waals surface area contributed by atoms with Crippen LogP contribution in [0.1, 0.15) is 23.6 Å². The number of hydrogen-bond acceptors (Lipinski definition) is 8. The number of ether oxygens (including phenoxy) is 1. The van der Waals surface area contributed by atoms with Crippen LogP contribution in [0.2, 0.25) is 0 Å². The summed E-state index contributed by atoms with van der Waals surface area (Å²) in [5, 5.41) is 9.77. The third-order valence-electron chi connectivity index (χ3n) is 6.60. The molecule has 0 unspecified atom stereocenters. The summed E-state index contributed by atoms with van der Waals surface area (Å²) < 4.78 is 20.5. The fourth-order valence-electron chi connectivity index (χ4n) is 4.61. The molecule has 8 nitrogen and oxygen atoms in total. The Morgan fingerprint density at radius 2 is 1.81 bits per heavy atom. The van der Waals surface area contributed by atoms with E-state index >= 15 is 0 Å². The van der Waals surface area contributed by atoms with Crippen LogP contribution in [0.3, 0.4) is 0 Å². The van der Waals surface area contributed by atoms with Gasteiger partial charge in [-0.25, -0.2) is 4.39 Å². The number of anilines is 2. The van der Waals surface area contributed by atoms with Crippen LogP contribution >= 0.6 is 24.0 Å². The standard InChI is InChI=1S/C26H28FN5O3S2/c1-4-31-23(30-11-9-29(10-12-30)19-7-5-18(27)6-8-19)20(17(2)21(16-28)24(31)33)15-22-25(34)32(13-14-35-3)26(36)37-22/h5-8,15H,4,9-14H2,1-3H3. The Balaban J connectivity index is 1.74. The lowest BCUT2D eigenvalue weighted by molar-refractivity contribution is -0.122. The molecule has 0 spiro atoms. The molecule has 2 saturated heterocycles. The molecule has 2 aliphatic heterocycles. The Morgan fingerprint density at radius 1 is 1.16 bits per heavy atom. The van der Waals surface area contributed by atoms with Crippen LogP contribution in [-0.4, -0.2) is 66.1 Å². The van der Waals surface area contributed by atoms with Gasteiger partial charge in [0.05, 0.1) is 18.1 Å². The number of carbonyl (C=O) groups is 1. The van der Waals surface area contributed by atoms with Crippen molar-refractivity contribution in [2.24, 2.45) is 0 Å².